The molecule has 0 aliphatic heterocycles. The van der Waals surface area contributed by atoms with Gasteiger partial charge in [0.15, 0.2) is 0 Å². The second-order valence-corrected chi connectivity index (χ2v) is 14.0. The molecule has 0 aromatic carbocycles. The molecular formula is C48H76N2O7. The highest BCUT2D eigenvalue weighted by atomic mass is 16.5. The molecule has 2 atom stereocenters. The lowest BCUT2D eigenvalue weighted by atomic mass is 10.1. The van der Waals surface area contributed by atoms with Crippen molar-refractivity contribution in [3.05, 3.63) is 97.2 Å². The Morgan fingerprint density at radius 3 is 1.60 bits per heavy atom. The fraction of sp³-hybridized carbons (Fsp3) is 0.583. The minimum atomic E-state index is -1.40. The molecule has 0 bridgehead atoms. The Hall–Kier alpha value is -4.24. The number of carbonyl (C=O) groups excluding carboxylic acids is 3. The van der Waals surface area contributed by atoms with Crippen molar-refractivity contribution in [1.29, 1.82) is 0 Å². The van der Waals surface area contributed by atoms with E-state index in [9.17, 15) is 19.2 Å². The minimum Gasteiger partial charge on any atom is -0.480 e. The topological polar surface area (TPSA) is 142 Å². The van der Waals surface area contributed by atoms with Crippen LogP contribution in [0.3, 0.4) is 0 Å². The maximum absolute atomic E-state index is 12.7. The first kappa shape index (κ1) is 52.8. The van der Waals surface area contributed by atoms with Crippen molar-refractivity contribution in [2.45, 2.75) is 167 Å². The molecule has 320 valence electrons. The molecule has 2 amide bonds. The standard InChI is InChI=1S/C48H76N2O7/c1-3-5-7-9-11-12-13-14-15-16-17-18-19-20-21-22-23-24-25-26-28-30-36-40-47(54)57-43(37-33-29-27-10-8-6-4-2)38-34-31-32-35-39-45(52)49-41-46(53)50-44(42-51)48(55)56/h5,7,10-12,14-15,17-18,20-21,23-24,27,33,37,43-44,51H,3-4,6,8-9,13,16,19,22,25-26,28-32,34-36,38-42H2,1-2H3,(H,49,52)(H,50,53)(H,55,56)/b7-5-,12-11-,15-14-,18-17-,21-20-,24-23-,27-10-,37-33-. The number of aliphatic carboxylic acids is 1. The summed E-state index contributed by atoms with van der Waals surface area (Å²) in [7, 11) is 0. The van der Waals surface area contributed by atoms with Gasteiger partial charge in [0.2, 0.25) is 11.8 Å². The van der Waals surface area contributed by atoms with Crippen LogP contribution >= 0.6 is 0 Å². The lowest BCUT2D eigenvalue weighted by Crippen LogP contribution is -2.47. The molecule has 0 radical (unpaired) electrons. The smallest absolute Gasteiger partial charge is 0.328 e. The van der Waals surface area contributed by atoms with Crippen LogP contribution in [-0.2, 0) is 23.9 Å². The van der Waals surface area contributed by atoms with Crippen molar-refractivity contribution in [3.8, 4) is 0 Å². The van der Waals surface area contributed by atoms with Gasteiger partial charge in [-0.2, -0.15) is 0 Å². The van der Waals surface area contributed by atoms with Gasteiger partial charge in [-0.1, -0.05) is 144 Å². The van der Waals surface area contributed by atoms with E-state index in [1.165, 1.54) is 12.8 Å². The van der Waals surface area contributed by atoms with E-state index in [1.807, 2.05) is 6.08 Å². The maximum Gasteiger partial charge on any atom is 0.328 e. The average molecular weight is 793 g/mol. The number of aliphatic hydroxyl groups excluding tert-OH is 1. The van der Waals surface area contributed by atoms with Gasteiger partial charge in [0.1, 0.15) is 12.1 Å². The Morgan fingerprint density at radius 2 is 1.05 bits per heavy atom. The quantitative estimate of drug-likeness (QED) is 0.0279. The summed E-state index contributed by atoms with van der Waals surface area (Å²) >= 11 is 0. The van der Waals surface area contributed by atoms with Crippen LogP contribution in [0.25, 0.3) is 0 Å². The van der Waals surface area contributed by atoms with E-state index >= 15 is 0 Å². The van der Waals surface area contributed by atoms with Gasteiger partial charge in [-0.15, -0.1) is 0 Å². The number of unbranched alkanes of at least 4 members (excludes halogenated alkanes) is 9. The van der Waals surface area contributed by atoms with Gasteiger partial charge < -0.3 is 25.6 Å². The second kappa shape index (κ2) is 41.4. The van der Waals surface area contributed by atoms with Gasteiger partial charge in [0.25, 0.3) is 0 Å². The van der Waals surface area contributed by atoms with E-state index in [-0.39, 0.29) is 30.9 Å². The van der Waals surface area contributed by atoms with Crippen molar-refractivity contribution >= 4 is 23.8 Å². The molecule has 0 aromatic rings. The molecule has 0 fully saturated rings. The van der Waals surface area contributed by atoms with Crippen LogP contribution in [-0.4, -0.2) is 59.3 Å². The lowest BCUT2D eigenvalue weighted by molar-refractivity contribution is -0.147. The molecule has 0 aliphatic carbocycles. The number of amides is 2. The Kier molecular flexibility index (Phi) is 38.3. The average Bonchev–Trinajstić information content (AvgIpc) is 3.20. The molecule has 0 heterocycles. The fourth-order valence-corrected chi connectivity index (χ4v) is 5.47. The van der Waals surface area contributed by atoms with E-state index < -0.39 is 24.5 Å². The summed E-state index contributed by atoms with van der Waals surface area (Å²) in [5.41, 5.74) is 0. The summed E-state index contributed by atoms with van der Waals surface area (Å²) in [5.74, 6) is -2.47. The zero-order valence-corrected chi connectivity index (χ0v) is 35.3. The number of ether oxygens (including phenoxy) is 1. The number of hydrogen-bond acceptors (Lipinski definition) is 6. The number of rotatable bonds is 37. The Balaban J connectivity index is 4.26. The predicted molar refractivity (Wildman–Crippen MR) is 236 cm³/mol. The van der Waals surface area contributed by atoms with Gasteiger partial charge in [-0.05, 0) is 96.0 Å². The number of hydrogen-bond donors (Lipinski definition) is 4. The molecule has 0 aromatic heterocycles. The first-order valence-corrected chi connectivity index (χ1v) is 21.6. The number of aliphatic hydroxyl groups is 1. The first-order chi connectivity index (χ1) is 27.8. The largest absolute Gasteiger partial charge is 0.480 e. The van der Waals surface area contributed by atoms with Crippen LogP contribution in [0.4, 0.5) is 0 Å². The highest BCUT2D eigenvalue weighted by molar-refractivity contribution is 5.87. The molecule has 0 saturated heterocycles. The van der Waals surface area contributed by atoms with E-state index in [2.05, 4.69) is 116 Å². The van der Waals surface area contributed by atoms with Crippen molar-refractivity contribution in [1.82, 2.24) is 10.6 Å². The molecule has 0 saturated carbocycles. The van der Waals surface area contributed by atoms with E-state index in [0.29, 0.717) is 12.8 Å². The molecular weight excluding hydrogens is 717 g/mol. The van der Waals surface area contributed by atoms with E-state index in [4.69, 9.17) is 14.9 Å². The Bertz CT molecular complexity index is 1280. The molecule has 0 aliphatic rings. The summed E-state index contributed by atoms with van der Waals surface area (Å²) in [6.07, 6.45) is 54.6. The van der Waals surface area contributed by atoms with Crippen LogP contribution in [0.15, 0.2) is 97.2 Å². The molecule has 0 spiro atoms. The summed E-state index contributed by atoms with van der Waals surface area (Å²) in [5, 5.41) is 22.5. The third-order valence-corrected chi connectivity index (χ3v) is 8.80. The SMILES string of the molecule is CC/C=C\C/C=C\C/C=C\C/C=C\C/C=C\C/C=C\CCCCCCC(=O)OC(/C=C\C/C=C\CCCC)CCCCCCC(=O)NCC(=O)NC(CO)C(=O)O. The van der Waals surface area contributed by atoms with Crippen molar-refractivity contribution in [2.24, 2.45) is 0 Å². The van der Waals surface area contributed by atoms with Gasteiger partial charge in [-0.3, -0.25) is 14.4 Å². The van der Waals surface area contributed by atoms with Crippen molar-refractivity contribution in [2.75, 3.05) is 13.2 Å². The minimum absolute atomic E-state index is 0.158. The molecule has 9 heteroatoms. The number of esters is 1. The highest BCUT2D eigenvalue weighted by Crippen LogP contribution is 2.14. The fourth-order valence-electron chi connectivity index (χ4n) is 5.47. The van der Waals surface area contributed by atoms with Gasteiger partial charge >= 0.3 is 11.9 Å². The molecule has 4 N–H and O–H groups in total. The Labute approximate surface area is 345 Å². The number of carboxylic acid groups (broad SMARTS) is 1. The van der Waals surface area contributed by atoms with Crippen LogP contribution in [0, 0.1) is 0 Å². The van der Waals surface area contributed by atoms with Crippen LogP contribution in [0.5, 0.6) is 0 Å². The molecule has 2 unspecified atom stereocenters. The molecule has 0 rings (SSSR count). The zero-order chi connectivity index (χ0) is 41.9. The van der Waals surface area contributed by atoms with Crippen molar-refractivity contribution < 1.29 is 34.1 Å². The summed E-state index contributed by atoms with van der Waals surface area (Å²) in [4.78, 5) is 47.5. The highest BCUT2D eigenvalue weighted by Gasteiger charge is 2.18. The maximum atomic E-state index is 12.7. The third kappa shape index (κ3) is 38.4. The third-order valence-electron chi connectivity index (χ3n) is 8.80. The lowest BCUT2D eigenvalue weighted by Gasteiger charge is -2.15. The summed E-state index contributed by atoms with van der Waals surface area (Å²) < 4.78 is 5.86. The normalized spacial score (nSPS) is 13.5. The molecule has 57 heavy (non-hydrogen) atoms. The van der Waals surface area contributed by atoms with Crippen LogP contribution in [0.2, 0.25) is 0 Å². The Morgan fingerprint density at radius 1 is 0.561 bits per heavy atom. The van der Waals surface area contributed by atoms with Crippen molar-refractivity contribution in [3.63, 3.8) is 0 Å². The first-order valence-electron chi connectivity index (χ1n) is 21.6. The number of allylic oxidation sites excluding steroid dienone is 15. The summed E-state index contributed by atoms with van der Waals surface area (Å²) in [6.45, 7) is 3.25. The number of nitrogens with one attached hydrogen (secondary N) is 2. The van der Waals surface area contributed by atoms with Gasteiger partial charge in [0, 0.05) is 12.8 Å². The number of carbonyl (C=O) groups is 4. The monoisotopic (exact) mass is 793 g/mol. The van der Waals surface area contributed by atoms with Gasteiger partial charge in [0.05, 0.1) is 13.2 Å². The van der Waals surface area contributed by atoms with Crippen LogP contribution < -0.4 is 10.6 Å². The summed E-state index contributed by atoms with van der Waals surface area (Å²) in [6, 6.07) is -1.40. The zero-order valence-electron chi connectivity index (χ0n) is 35.3. The van der Waals surface area contributed by atoms with Gasteiger partial charge in [-0.25, -0.2) is 4.79 Å². The van der Waals surface area contributed by atoms with E-state index in [1.54, 1.807) is 0 Å². The van der Waals surface area contributed by atoms with Crippen LogP contribution in [0.1, 0.15) is 155 Å². The molecule has 9 nitrogen and oxygen atoms in total. The number of carboxylic acids is 1. The van der Waals surface area contributed by atoms with E-state index in [0.717, 1.165) is 109 Å². The second-order valence-electron chi connectivity index (χ2n) is 14.0. The predicted octanol–water partition coefficient (Wildman–Crippen LogP) is 10.6.